The van der Waals surface area contributed by atoms with Gasteiger partial charge in [0.25, 0.3) is 0 Å². The quantitative estimate of drug-likeness (QED) is 0.837. The molecule has 2 aromatic rings. The molecular formula is C16H18N4O4. The molecule has 0 bridgehead atoms. The van der Waals surface area contributed by atoms with Gasteiger partial charge in [-0.1, -0.05) is 11.3 Å². The Hall–Kier alpha value is -2.74. The van der Waals surface area contributed by atoms with Gasteiger partial charge in [0.2, 0.25) is 5.91 Å². The summed E-state index contributed by atoms with van der Waals surface area (Å²) in [4.78, 5) is 23.1. The molecule has 1 aliphatic carbocycles. The highest BCUT2D eigenvalue weighted by Gasteiger charge is 2.38. The van der Waals surface area contributed by atoms with Gasteiger partial charge >= 0.3 is 5.97 Å². The Kier molecular flexibility index (Phi) is 4.30. The Bertz CT molecular complexity index is 761. The smallest absolute Gasteiger partial charge is 0.358 e. The van der Waals surface area contributed by atoms with Crippen molar-refractivity contribution in [2.75, 3.05) is 12.4 Å². The lowest BCUT2D eigenvalue weighted by molar-refractivity contribution is -0.129. The molecule has 0 spiro atoms. The molecule has 0 saturated heterocycles. The predicted octanol–water partition coefficient (Wildman–Crippen LogP) is 1.86. The van der Waals surface area contributed by atoms with Crippen LogP contribution in [0, 0.1) is 0 Å². The van der Waals surface area contributed by atoms with Crippen molar-refractivity contribution in [1.29, 1.82) is 0 Å². The minimum absolute atomic E-state index is 0.112. The first-order chi connectivity index (χ1) is 11.5. The molecule has 0 aliphatic heterocycles. The molecule has 1 aromatic carbocycles. The molecule has 8 nitrogen and oxygen atoms in total. The highest BCUT2D eigenvalue weighted by molar-refractivity contribution is 5.91. The molecule has 1 aromatic heterocycles. The first-order valence-electron chi connectivity index (χ1n) is 7.62. The van der Waals surface area contributed by atoms with Crippen LogP contribution in [0.25, 0.3) is 5.69 Å². The van der Waals surface area contributed by atoms with Crippen molar-refractivity contribution in [3.8, 4) is 5.69 Å². The minimum atomic E-state index is -1.14. The van der Waals surface area contributed by atoms with E-state index in [1.165, 1.54) is 10.9 Å². The highest BCUT2D eigenvalue weighted by Crippen LogP contribution is 2.38. The number of anilines is 1. The maximum Gasteiger partial charge on any atom is 0.358 e. The number of carbonyl (C=O) groups excluding carboxylic acids is 1. The van der Waals surface area contributed by atoms with Crippen LogP contribution in [0.4, 0.5) is 5.69 Å². The summed E-state index contributed by atoms with van der Waals surface area (Å²) in [5, 5.41) is 19.1. The van der Waals surface area contributed by atoms with Crippen LogP contribution in [-0.2, 0) is 9.53 Å². The molecule has 1 fully saturated rings. The number of nitrogens with zero attached hydrogens (tertiary/aromatic N) is 3. The normalized spacial score (nSPS) is 15.5. The average molecular weight is 330 g/mol. The van der Waals surface area contributed by atoms with E-state index >= 15 is 0 Å². The van der Waals surface area contributed by atoms with E-state index in [1.54, 1.807) is 31.4 Å². The maximum atomic E-state index is 12.2. The van der Waals surface area contributed by atoms with Crippen LogP contribution < -0.4 is 5.32 Å². The van der Waals surface area contributed by atoms with Crippen molar-refractivity contribution in [3.63, 3.8) is 0 Å². The van der Waals surface area contributed by atoms with E-state index in [4.69, 9.17) is 9.84 Å². The van der Waals surface area contributed by atoms with E-state index < -0.39 is 5.97 Å². The van der Waals surface area contributed by atoms with Gasteiger partial charge in [-0.3, -0.25) is 4.79 Å². The van der Waals surface area contributed by atoms with Crippen molar-refractivity contribution in [2.45, 2.75) is 31.3 Å². The number of rotatable bonds is 6. The Morgan fingerprint density at radius 3 is 2.79 bits per heavy atom. The van der Waals surface area contributed by atoms with Crippen molar-refractivity contribution < 1.29 is 19.4 Å². The Labute approximate surface area is 138 Å². The van der Waals surface area contributed by atoms with Crippen LogP contribution in [0.15, 0.2) is 30.5 Å². The number of methoxy groups -OCH3 is 1. The summed E-state index contributed by atoms with van der Waals surface area (Å²) in [6.07, 6.45) is 4.51. The van der Waals surface area contributed by atoms with E-state index in [1.807, 2.05) is 0 Å². The fourth-order valence-electron chi connectivity index (χ4n) is 2.74. The number of nitrogens with one attached hydrogen (secondary N) is 1. The zero-order chi connectivity index (χ0) is 17.2. The second kappa shape index (κ2) is 6.40. The minimum Gasteiger partial charge on any atom is -0.476 e. The van der Waals surface area contributed by atoms with Gasteiger partial charge in [0.05, 0.1) is 23.9 Å². The molecule has 0 unspecified atom stereocenters. The van der Waals surface area contributed by atoms with Crippen LogP contribution >= 0.6 is 0 Å². The molecular weight excluding hydrogens is 312 g/mol. The summed E-state index contributed by atoms with van der Waals surface area (Å²) in [6, 6.07) is 6.97. The lowest BCUT2D eigenvalue weighted by Crippen LogP contribution is -2.42. The number of hydrogen-bond acceptors (Lipinski definition) is 5. The van der Waals surface area contributed by atoms with Gasteiger partial charge in [0.15, 0.2) is 5.69 Å². The van der Waals surface area contributed by atoms with Crippen molar-refractivity contribution in [1.82, 2.24) is 15.0 Å². The van der Waals surface area contributed by atoms with Crippen molar-refractivity contribution >= 4 is 17.6 Å². The summed E-state index contributed by atoms with van der Waals surface area (Å²) in [7, 11) is 1.64. The molecule has 2 N–H and O–H groups in total. The van der Waals surface area contributed by atoms with Gasteiger partial charge in [-0.05, 0) is 37.5 Å². The lowest BCUT2D eigenvalue weighted by Gasteiger charge is -2.39. The SMILES string of the molecule is COC1(CC(=O)Nc2cccc(-n3cc(C(=O)O)nn3)c2)CCC1. The fraction of sp³-hybridized carbons (Fsp3) is 0.375. The van der Waals surface area contributed by atoms with Crippen LogP contribution in [-0.4, -0.2) is 44.7 Å². The predicted molar refractivity (Wildman–Crippen MR) is 85.2 cm³/mol. The molecule has 1 heterocycles. The summed E-state index contributed by atoms with van der Waals surface area (Å²) in [5.74, 6) is -1.26. The first-order valence-corrected chi connectivity index (χ1v) is 7.62. The van der Waals surface area contributed by atoms with Gasteiger partial charge in [0, 0.05) is 12.8 Å². The van der Waals surface area contributed by atoms with Gasteiger partial charge < -0.3 is 15.2 Å². The zero-order valence-electron chi connectivity index (χ0n) is 13.2. The third-order valence-corrected chi connectivity index (χ3v) is 4.29. The number of ether oxygens (including phenoxy) is 1. The number of aromatic nitrogens is 3. The molecule has 1 amide bonds. The molecule has 1 aliphatic rings. The zero-order valence-corrected chi connectivity index (χ0v) is 13.2. The first kappa shape index (κ1) is 16.1. The van der Waals surface area contributed by atoms with Crippen LogP contribution in [0.2, 0.25) is 0 Å². The largest absolute Gasteiger partial charge is 0.476 e. The van der Waals surface area contributed by atoms with E-state index in [-0.39, 0.29) is 17.2 Å². The number of aromatic carboxylic acids is 1. The monoisotopic (exact) mass is 330 g/mol. The number of carboxylic acid groups (broad SMARTS) is 1. The highest BCUT2D eigenvalue weighted by atomic mass is 16.5. The van der Waals surface area contributed by atoms with Gasteiger partial charge in [-0.25, -0.2) is 9.48 Å². The van der Waals surface area contributed by atoms with Crippen LogP contribution in [0.1, 0.15) is 36.2 Å². The Balaban J connectivity index is 1.70. The summed E-state index contributed by atoms with van der Waals surface area (Å²) in [6.45, 7) is 0. The van der Waals surface area contributed by atoms with Gasteiger partial charge in [0.1, 0.15) is 0 Å². The Morgan fingerprint density at radius 2 is 2.21 bits per heavy atom. The number of carboxylic acids is 1. The van der Waals surface area contributed by atoms with E-state index in [0.29, 0.717) is 17.8 Å². The molecule has 0 atom stereocenters. The summed E-state index contributed by atoms with van der Waals surface area (Å²) in [5.41, 5.74) is 0.745. The van der Waals surface area contributed by atoms with E-state index in [2.05, 4.69) is 15.6 Å². The van der Waals surface area contributed by atoms with Gasteiger partial charge in [-0.2, -0.15) is 0 Å². The third kappa shape index (κ3) is 3.28. The number of carbonyl (C=O) groups is 2. The topological polar surface area (TPSA) is 106 Å². The van der Waals surface area contributed by atoms with Gasteiger partial charge in [-0.15, -0.1) is 5.10 Å². The molecule has 24 heavy (non-hydrogen) atoms. The van der Waals surface area contributed by atoms with Crippen molar-refractivity contribution in [2.24, 2.45) is 0 Å². The van der Waals surface area contributed by atoms with Crippen LogP contribution in [0.3, 0.4) is 0 Å². The molecule has 8 heteroatoms. The average Bonchev–Trinajstić information content (AvgIpc) is 3.01. The Morgan fingerprint density at radius 1 is 1.42 bits per heavy atom. The number of hydrogen-bond donors (Lipinski definition) is 2. The summed E-state index contributed by atoms with van der Waals surface area (Å²) < 4.78 is 6.81. The standard InChI is InChI=1S/C16H18N4O4/c1-24-16(6-3-7-16)9-14(21)17-11-4-2-5-12(8-11)20-10-13(15(22)23)18-19-20/h2,4-5,8,10H,3,6-7,9H2,1H3,(H,17,21)(H,22,23). The second-order valence-corrected chi connectivity index (χ2v) is 5.87. The van der Waals surface area contributed by atoms with Crippen LogP contribution in [0.5, 0.6) is 0 Å². The molecule has 3 rings (SSSR count). The van der Waals surface area contributed by atoms with Crippen molar-refractivity contribution in [3.05, 3.63) is 36.2 Å². The lowest BCUT2D eigenvalue weighted by atomic mass is 9.77. The second-order valence-electron chi connectivity index (χ2n) is 5.87. The number of benzene rings is 1. The van der Waals surface area contributed by atoms with E-state index in [9.17, 15) is 9.59 Å². The summed E-state index contributed by atoms with van der Waals surface area (Å²) >= 11 is 0. The fourth-order valence-corrected chi connectivity index (χ4v) is 2.74. The molecule has 1 saturated carbocycles. The molecule has 126 valence electrons. The molecule has 0 radical (unpaired) electrons. The number of amides is 1. The maximum absolute atomic E-state index is 12.2. The van der Waals surface area contributed by atoms with E-state index in [0.717, 1.165) is 19.3 Å². The third-order valence-electron chi connectivity index (χ3n) is 4.29.